The van der Waals surface area contributed by atoms with Crippen LogP contribution in [0.3, 0.4) is 0 Å². The lowest BCUT2D eigenvalue weighted by molar-refractivity contribution is -0.469. The first-order valence-electron chi connectivity index (χ1n) is 6.56. The fourth-order valence-electron chi connectivity index (χ4n) is 2.05. The van der Waals surface area contributed by atoms with Crippen molar-refractivity contribution in [3.05, 3.63) is 0 Å². The first kappa shape index (κ1) is 15.1. The molecule has 0 spiro atoms. The summed E-state index contributed by atoms with van der Waals surface area (Å²) in [6.07, 6.45) is 3.10. The van der Waals surface area contributed by atoms with Gasteiger partial charge >= 0.3 is 5.90 Å². The molecule has 1 fully saturated rings. The Kier molecular flexibility index (Phi) is 5.75. The van der Waals surface area contributed by atoms with Gasteiger partial charge in [-0.1, -0.05) is 13.3 Å². The number of ether oxygens (including phenoxy) is 2. The summed E-state index contributed by atoms with van der Waals surface area (Å²) in [4.78, 5) is 13.8. The Morgan fingerprint density at radius 3 is 2.83 bits per heavy atom. The zero-order chi connectivity index (χ0) is 13.6. The number of unbranched alkanes of at least 4 members (excludes halogenated alkanes) is 1. The highest BCUT2D eigenvalue weighted by Crippen LogP contribution is 2.27. The van der Waals surface area contributed by atoms with Crippen LogP contribution in [-0.2, 0) is 14.3 Å². The van der Waals surface area contributed by atoms with E-state index in [0.29, 0.717) is 12.8 Å². The molecule has 0 aliphatic carbocycles. The topological polar surface area (TPSA) is 69.7 Å². The van der Waals surface area contributed by atoms with Gasteiger partial charge in [0.15, 0.2) is 5.79 Å². The predicted octanol–water partition coefficient (Wildman–Crippen LogP) is 0.323. The number of carbonyl (C=O) groups is 1. The molecule has 1 heterocycles. The first-order chi connectivity index (χ1) is 8.46. The summed E-state index contributed by atoms with van der Waals surface area (Å²) in [5, 5.41) is 9.75. The number of carbonyl (C=O) groups excluding carboxylic acids is 1. The molecule has 0 bridgehead atoms. The lowest BCUT2D eigenvalue weighted by atomic mass is 10.1. The van der Waals surface area contributed by atoms with Gasteiger partial charge in [0.1, 0.15) is 18.9 Å². The highest BCUT2D eigenvalue weighted by atomic mass is 16.7. The van der Waals surface area contributed by atoms with Gasteiger partial charge in [-0.05, 0) is 13.8 Å². The van der Waals surface area contributed by atoms with Crippen LogP contribution in [0.15, 0.2) is 0 Å². The minimum atomic E-state index is -0.780. The molecule has 0 saturated carbocycles. The number of rotatable bonds is 6. The second-order valence-electron chi connectivity index (χ2n) is 5.10. The van der Waals surface area contributed by atoms with Crippen LogP contribution < -0.4 is 4.99 Å². The standard InChI is InChI=1S/C13H23NO4/c1-4-5-6-14-12(16)8-10-7-11(9-15)18-13(2,3)17-10/h9-11H,4-8H2,1-3H3,(H,14,16)/p+1/t10-,11+/m1/s1. The van der Waals surface area contributed by atoms with Gasteiger partial charge in [0.05, 0.1) is 12.5 Å². The molecule has 5 heteroatoms. The van der Waals surface area contributed by atoms with Gasteiger partial charge in [-0.15, -0.1) is 0 Å². The van der Waals surface area contributed by atoms with Crippen molar-refractivity contribution in [2.45, 2.75) is 64.4 Å². The largest absolute Gasteiger partial charge is 0.463 e. The third kappa shape index (κ3) is 5.14. The van der Waals surface area contributed by atoms with Crippen molar-refractivity contribution in [1.82, 2.24) is 0 Å². The fraction of sp³-hybridized carbons (Fsp3) is 0.846. The fourth-order valence-corrected chi connectivity index (χ4v) is 2.05. The maximum absolute atomic E-state index is 10.8. The Labute approximate surface area is 108 Å². The van der Waals surface area contributed by atoms with Crippen LogP contribution in [0.4, 0.5) is 0 Å². The molecule has 0 unspecified atom stereocenters. The van der Waals surface area contributed by atoms with E-state index in [1.807, 2.05) is 0 Å². The average Bonchev–Trinajstić information content (AvgIpc) is 2.27. The highest BCUT2D eigenvalue weighted by molar-refractivity contribution is 5.68. The summed E-state index contributed by atoms with van der Waals surface area (Å²) in [5.41, 5.74) is 0. The summed E-state index contributed by atoms with van der Waals surface area (Å²) >= 11 is 0. The molecule has 0 amide bonds. The molecule has 0 aromatic rings. The van der Waals surface area contributed by atoms with Crippen LogP contribution >= 0.6 is 0 Å². The van der Waals surface area contributed by atoms with E-state index in [-0.39, 0.29) is 12.0 Å². The van der Waals surface area contributed by atoms with Gasteiger partial charge in [-0.25, -0.2) is 4.99 Å². The molecule has 1 rings (SSSR count). The Bertz CT molecular complexity index is 301. The van der Waals surface area contributed by atoms with E-state index in [0.717, 1.165) is 25.7 Å². The van der Waals surface area contributed by atoms with Crippen molar-refractivity contribution in [2.75, 3.05) is 6.54 Å². The van der Waals surface area contributed by atoms with E-state index >= 15 is 0 Å². The van der Waals surface area contributed by atoms with Gasteiger partial charge in [-0.2, -0.15) is 0 Å². The summed E-state index contributed by atoms with van der Waals surface area (Å²) in [5.74, 6) is -0.561. The number of aliphatic hydroxyl groups is 1. The molecule has 5 nitrogen and oxygen atoms in total. The number of aldehydes is 1. The zero-order valence-electron chi connectivity index (χ0n) is 11.4. The molecule has 1 aliphatic rings. The number of hydrogen-bond acceptors (Lipinski definition) is 3. The average molecular weight is 258 g/mol. The molecule has 18 heavy (non-hydrogen) atoms. The molecule has 0 aromatic heterocycles. The third-order valence-corrected chi connectivity index (χ3v) is 2.81. The molecule has 1 saturated heterocycles. The lowest BCUT2D eigenvalue weighted by Gasteiger charge is -2.38. The monoisotopic (exact) mass is 258 g/mol. The van der Waals surface area contributed by atoms with Gasteiger partial charge in [0.2, 0.25) is 0 Å². The van der Waals surface area contributed by atoms with Crippen molar-refractivity contribution in [1.29, 1.82) is 0 Å². The third-order valence-electron chi connectivity index (χ3n) is 2.81. The smallest absolute Gasteiger partial charge is 0.334 e. The highest BCUT2D eigenvalue weighted by Gasteiger charge is 2.36. The molecule has 0 aromatic carbocycles. The Morgan fingerprint density at radius 1 is 1.50 bits per heavy atom. The van der Waals surface area contributed by atoms with E-state index in [1.165, 1.54) is 0 Å². The summed E-state index contributed by atoms with van der Waals surface area (Å²) < 4.78 is 11.1. The number of nitrogens with one attached hydrogen (secondary N) is 1. The van der Waals surface area contributed by atoms with Gasteiger partial charge in [0, 0.05) is 12.8 Å². The normalized spacial score (nSPS) is 28.1. The van der Waals surface area contributed by atoms with Crippen LogP contribution in [0.1, 0.15) is 46.5 Å². The number of hydrogen-bond donors (Lipinski definition) is 2. The Morgan fingerprint density at radius 2 is 2.22 bits per heavy atom. The van der Waals surface area contributed by atoms with E-state index < -0.39 is 11.9 Å². The molecular formula is C13H24NO4+. The molecule has 0 radical (unpaired) electrons. The van der Waals surface area contributed by atoms with Gasteiger partial charge in [-0.3, -0.25) is 0 Å². The van der Waals surface area contributed by atoms with E-state index in [1.54, 1.807) is 13.8 Å². The Balaban J connectivity index is 2.50. The van der Waals surface area contributed by atoms with Crippen molar-refractivity contribution in [3.63, 3.8) is 0 Å². The summed E-state index contributed by atoms with van der Waals surface area (Å²) in [7, 11) is 0. The first-order valence-corrected chi connectivity index (χ1v) is 6.56. The second-order valence-corrected chi connectivity index (χ2v) is 5.10. The molecule has 104 valence electrons. The molecular weight excluding hydrogens is 234 g/mol. The summed E-state index contributed by atoms with van der Waals surface area (Å²) in [6, 6.07) is 0. The quantitative estimate of drug-likeness (QED) is 0.312. The second kappa shape index (κ2) is 6.85. The van der Waals surface area contributed by atoms with Crippen LogP contribution in [0.25, 0.3) is 0 Å². The molecule has 1 aliphatic heterocycles. The van der Waals surface area contributed by atoms with Crippen LogP contribution in [0.2, 0.25) is 0 Å². The minimum absolute atomic E-state index is 0.196. The van der Waals surface area contributed by atoms with Crippen molar-refractivity contribution >= 4 is 12.2 Å². The van der Waals surface area contributed by atoms with Crippen LogP contribution in [-0.4, -0.2) is 41.8 Å². The van der Waals surface area contributed by atoms with E-state index in [4.69, 9.17) is 9.47 Å². The van der Waals surface area contributed by atoms with Crippen molar-refractivity contribution < 1.29 is 24.4 Å². The molecule has 2 atom stereocenters. The maximum atomic E-state index is 10.8. The maximum Gasteiger partial charge on any atom is 0.334 e. The Hall–Kier alpha value is -0.940. The van der Waals surface area contributed by atoms with Crippen molar-refractivity contribution in [3.8, 4) is 0 Å². The van der Waals surface area contributed by atoms with E-state index in [2.05, 4.69) is 11.9 Å². The molecule has 2 N–H and O–H groups in total. The lowest BCUT2D eigenvalue weighted by Crippen LogP contribution is -2.73. The van der Waals surface area contributed by atoms with Gasteiger partial charge < -0.3 is 19.4 Å². The van der Waals surface area contributed by atoms with Gasteiger partial charge in [0.25, 0.3) is 0 Å². The summed E-state index contributed by atoms with van der Waals surface area (Å²) in [6.45, 7) is 6.40. The predicted molar refractivity (Wildman–Crippen MR) is 67.5 cm³/mol. The zero-order valence-corrected chi connectivity index (χ0v) is 11.4. The minimum Gasteiger partial charge on any atom is -0.463 e. The SMILES string of the molecule is CCCC[NH+]=C(O)C[C@H]1C[C@@H](C=O)OC(C)(C)O1. The number of aliphatic hydroxyl groups excluding tert-OH is 1. The van der Waals surface area contributed by atoms with Crippen molar-refractivity contribution in [2.24, 2.45) is 0 Å². The van der Waals surface area contributed by atoms with Crippen LogP contribution in [0.5, 0.6) is 0 Å². The van der Waals surface area contributed by atoms with E-state index in [9.17, 15) is 9.90 Å². The van der Waals surface area contributed by atoms with Crippen LogP contribution in [0, 0.1) is 0 Å².